The van der Waals surface area contributed by atoms with Crippen molar-refractivity contribution in [3.63, 3.8) is 0 Å². The lowest BCUT2D eigenvalue weighted by Crippen LogP contribution is -2.34. The van der Waals surface area contributed by atoms with E-state index in [9.17, 15) is 4.79 Å². The van der Waals surface area contributed by atoms with Crippen LogP contribution in [0.25, 0.3) is 5.69 Å². The van der Waals surface area contributed by atoms with Gasteiger partial charge in [-0.25, -0.2) is 4.68 Å². The predicted molar refractivity (Wildman–Crippen MR) is 100 cm³/mol. The fraction of sp³-hybridized carbons (Fsp3) is 0.500. The fourth-order valence-electron chi connectivity index (χ4n) is 3.51. The van der Waals surface area contributed by atoms with E-state index < -0.39 is 0 Å². The molecule has 1 aromatic heterocycles. The van der Waals surface area contributed by atoms with Crippen LogP contribution in [0, 0.1) is 19.8 Å². The van der Waals surface area contributed by atoms with Crippen molar-refractivity contribution in [2.45, 2.75) is 33.6 Å². The van der Waals surface area contributed by atoms with E-state index in [2.05, 4.69) is 35.2 Å². The number of nitrogens with zero attached hydrogens (tertiary/aromatic N) is 3. The highest BCUT2D eigenvalue weighted by molar-refractivity contribution is 5.95. The molecule has 1 atom stereocenters. The van der Waals surface area contributed by atoms with Crippen LogP contribution in [-0.4, -0.2) is 46.8 Å². The molecule has 1 saturated heterocycles. The normalized spacial score (nSPS) is 16.1. The fourth-order valence-corrected chi connectivity index (χ4v) is 3.51. The average Bonchev–Trinajstić information content (AvgIpc) is 3.23. The zero-order valence-corrected chi connectivity index (χ0v) is 15.5. The van der Waals surface area contributed by atoms with Gasteiger partial charge in [-0.15, -0.1) is 0 Å². The van der Waals surface area contributed by atoms with E-state index in [1.165, 1.54) is 25.9 Å². The van der Waals surface area contributed by atoms with E-state index in [-0.39, 0.29) is 5.91 Å². The van der Waals surface area contributed by atoms with Gasteiger partial charge in [-0.2, -0.15) is 5.10 Å². The van der Waals surface area contributed by atoms with E-state index in [4.69, 9.17) is 0 Å². The molecule has 1 N–H and O–H groups in total. The zero-order chi connectivity index (χ0) is 17.8. The predicted octanol–water partition coefficient (Wildman–Crippen LogP) is 2.95. The molecule has 1 aromatic carbocycles. The molecular weight excluding hydrogens is 312 g/mol. The van der Waals surface area contributed by atoms with Gasteiger partial charge in [-0.1, -0.05) is 25.1 Å². The molecule has 0 bridgehead atoms. The Kier molecular flexibility index (Phi) is 5.53. The molecule has 0 radical (unpaired) electrons. The third-order valence-electron chi connectivity index (χ3n) is 4.98. The van der Waals surface area contributed by atoms with Gasteiger partial charge in [0.15, 0.2) is 0 Å². The van der Waals surface area contributed by atoms with Crippen molar-refractivity contribution in [2.75, 3.05) is 26.2 Å². The number of amides is 1. The molecule has 1 amide bonds. The van der Waals surface area contributed by atoms with Gasteiger partial charge in [0.05, 0.1) is 23.1 Å². The van der Waals surface area contributed by atoms with Gasteiger partial charge in [-0.05, 0) is 57.3 Å². The van der Waals surface area contributed by atoms with Crippen LogP contribution in [0.15, 0.2) is 30.5 Å². The molecule has 0 spiro atoms. The molecule has 1 unspecified atom stereocenters. The summed E-state index contributed by atoms with van der Waals surface area (Å²) < 4.78 is 1.85. The third kappa shape index (κ3) is 4.10. The van der Waals surface area contributed by atoms with Gasteiger partial charge in [0, 0.05) is 13.1 Å². The van der Waals surface area contributed by atoms with Gasteiger partial charge in [-0.3, -0.25) is 4.79 Å². The van der Waals surface area contributed by atoms with Crippen LogP contribution in [-0.2, 0) is 0 Å². The van der Waals surface area contributed by atoms with Crippen molar-refractivity contribution in [3.05, 3.63) is 47.3 Å². The first-order valence-corrected chi connectivity index (χ1v) is 9.17. The second-order valence-electron chi connectivity index (χ2n) is 7.16. The Morgan fingerprint density at radius 1 is 1.24 bits per heavy atom. The number of rotatable bonds is 6. The number of aryl methyl sites for hydroxylation is 1. The smallest absolute Gasteiger partial charge is 0.254 e. The Morgan fingerprint density at radius 2 is 1.96 bits per heavy atom. The van der Waals surface area contributed by atoms with Crippen LogP contribution >= 0.6 is 0 Å². The number of nitrogens with one attached hydrogen (secondary N) is 1. The highest BCUT2D eigenvalue weighted by Crippen LogP contribution is 2.17. The van der Waals surface area contributed by atoms with Crippen molar-refractivity contribution in [1.82, 2.24) is 20.0 Å². The van der Waals surface area contributed by atoms with Crippen LogP contribution in [0.4, 0.5) is 0 Å². The molecule has 1 aliphatic heterocycles. The van der Waals surface area contributed by atoms with Crippen LogP contribution in [0.2, 0.25) is 0 Å². The summed E-state index contributed by atoms with van der Waals surface area (Å²) in [4.78, 5) is 15.0. The Morgan fingerprint density at radius 3 is 2.68 bits per heavy atom. The number of aromatic nitrogens is 2. The van der Waals surface area contributed by atoms with E-state index in [1.54, 1.807) is 6.20 Å². The Balaban J connectivity index is 1.62. The summed E-state index contributed by atoms with van der Waals surface area (Å²) in [6.07, 6.45) is 4.27. The number of hydrogen-bond acceptors (Lipinski definition) is 3. The van der Waals surface area contributed by atoms with E-state index in [0.29, 0.717) is 18.0 Å². The monoisotopic (exact) mass is 340 g/mol. The quantitative estimate of drug-likeness (QED) is 0.879. The lowest BCUT2D eigenvalue weighted by Gasteiger charge is -2.20. The molecule has 5 heteroatoms. The average molecular weight is 340 g/mol. The lowest BCUT2D eigenvalue weighted by molar-refractivity contribution is 0.0944. The summed E-state index contributed by atoms with van der Waals surface area (Å²) >= 11 is 0. The van der Waals surface area contributed by atoms with Crippen LogP contribution < -0.4 is 5.32 Å². The van der Waals surface area contributed by atoms with Crippen molar-refractivity contribution < 1.29 is 4.79 Å². The van der Waals surface area contributed by atoms with Crippen molar-refractivity contribution in [2.24, 2.45) is 5.92 Å². The standard InChI is InChI=1S/C20H28N4O/c1-15(14-23-10-6-7-11-23)12-21-20(25)18-13-22-24(17(18)3)19-9-5-4-8-16(19)2/h4-5,8-9,13,15H,6-7,10-12,14H2,1-3H3,(H,21,25). The first kappa shape index (κ1) is 17.7. The molecule has 2 aromatic rings. The first-order chi connectivity index (χ1) is 12.1. The van der Waals surface area contributed by atoms with Gasteiger partial charge < -0.3 is 10.2 Å². The Labute approximate surface area is 150 Å². The number of para-hydroxylation sites is 1. The maximum atomic E-state index is 12.6. The maximum Gasteiger partial charge on any atom is 0.254 e. The Hall–Kier alpha value is -2.14. The molecule has 25 heavy (non-hydrogen) atoms. The molecule has 5 nitrogen and oxygen atoms in total. The molecule has 2 heterocycles. The highest BCUT2D eigenvalue weighted by atomic mass is 16.1. The minimum Gasteiger partial charge on any atom is -0.352 e. The first-order valence-electron chi connectivity index (χ1n) is 9.17. The lowest BCUT2D eigenvalue weighted by atomic mass is 10.1. The number of hydrogen-bond donors (Lipinski definition) is 1. The maximum absolute atomic E-state index is 12.6. The summed E-state index contributed by atoms with van der Waals surface area (Å²) in [6.45, 7) is 10.3. The molecule has 3 rings (SSSR count). The summed E-state index contributed by atoms with van der Waals surface area (Å²) in [5, 5.41) is 7.50. The molecule has 0 saturated carbocycles. The molecule has 1 aliphatic rings. The molecular formula is C20H28N4O. The minimum absolute atomic E-state index is 0.0365. The number of carbonyl (C=O) groups excluding carboxylic acids is 1. The van der Waals surface area contributed by atoms with Gasteiger partial charge in [0.25, 0.3) is 5.91 Å². The van der Waals surface area contributed by atoms with Crippen LogP contribution in [0.1, 0.15) is 41.4 Å². The van der Waals surface area contributed by atoms with Gasteiger partial charge in [0.1, 0.15) is 0 Å². The van der Waals surface area contributed by atoms with Crippen molar-refractivity contribution in [3.8, 4) is 5.69 Å². The highest BCUT2D eigenvalue weighted by Gasteiger charge is 2.18. The second-order valence-corrected chi connectivity index (χ2v) is 7.16. The van der Waals surface area contributed by atoms with Gasteiger partial charge >= 0.3 is 0 Å². The zero-order valence-electron chi connectivity index (χ0n) is 15.5. The van der Waals surface area contributed by atoms with Crippen LogP contribution in [0.3, 0.4) is 0 Å². The molecule has 1 fully saturated rings. The summed E-state index contributed by atoms with van der Waals surface area (Å²) in [5.41, 5.74) is 3.68. The van der Waals surface area contributed by atoms with Gasteiger partial charge in [0.2, 0.25) is 0 Å². The van der Waals surface area contributed by atoms with E-state index in [0.717, 1.165) is 23.5 Å². The summed E-state index contributed by atoms with van der Waals surface area (Å²) in [7, 11) is 0. The summed E-state index contributed by atoms with van der Waals surface area (Å²) in [5.74, 6) is 0.416. The van der Waals surface area contributed by atoms with Crippen molar-refractivity contribution >= 4 is 5.91 Å². The van der Waals surface area contributed by atoms with Crippen molar-refractivity contribution in [1.29, 1.82) is 0 Å². The number of likely N-dealkylation sites (tertiary alicyclic amines) is 1. The Bertz CT molecular complexity index is 731. The third-order valence-corrected chi connectivity index (χ3v) is 4.98. The number of carbonyl (C=O) groups is 1. The molecule has 0 aliphatic carbocycles. The van der Waals surface area contributed by atoms with E-state index >= 15 is 0 Å². The second kappa shape index (κ2) is 7.83. The topological polar surface area (TPSA) is 50.2 Å². The molecule has 134 valence electrons. The summed E-state index contributed by atoms with van der Waals surface area (Å²) in [6, 6.07) is 8.07. The van der Waals surface area contributed by atoms with Crippen LogP contribution in [0.5, 0.6) is 0 Å². The minimum atomic E-state index is -0.0365. The number of benzene rings is 1. The van der Waals surface area contributed by atoms with E-state index in [1.807, 2.05) is 29.8 Å². The largest absolute Gasteiger partial charge is 0.352 e. The SMILES string of the molecule is Cc1ccccc1-n1ncc(C(=O)NCC(C)CN2CCCC2)c1C.